The minimum atomic E-state index is 0.333. The number of rotatable bonds is 1. The Labute approximate surface area is 124 Å². The summed E-state index contributed by atoms with van der Waals surface area (Å²) in [5.41, 5.74) is 11.5. The molecule has 1 aliphatic rings. The smallest absolute Gasteiger partial charge is 0.102 e. The average molecular weight is 273 g/mol. The van der Waals surface area contributed by atoms with E-state index in [9.17, 15) is 10.5 Å². The SMILES string of the molecule is N#Cc1c(N)c(C#N)c(-c2ccccc2)c2c1CCCC2. The van der Waals surface area contributed by atoms with Crippen LogP contribution in [0.25, 0.3) is 11.1 Å². The molecule has 0 amide bonds. The predicted molar refractivity (Wildman–Crippen MR) is 82.4 cm³/mol. The van der Waals surface area contributed by atoms with Gasteiger partial charge in [-0.3, -0.25) is 0 Å². The lowest BCUT2D eigenvalue weighted by molar-refractivity contribution is 0.685. The minimum Gasteiger partial charge on any atom is -0.397 e. The molecule has 0 bridgehead atoms. The van der Waals surface area contributed by atoms with Crippen LogP contribution in [0.2, 0.25) is 0 Å². The number of nitriles is 2. The molecule has 102 valence electrons. The summed E-state index contributed by atoms with van der Waals surface area (Å²) in [6.45, 7) is 0. The molecule has 2 aromatic rings. The summed E-state index contributed by atoms with van der Waals surface area (Å²) in [4.78, 5) is 0. The molecule has 0 heterocycles. The first-order chi connectivity index (χ1) is 10.3. The van der Waals surface area contributed by atoms with Crippen molar-refractivity contribution < 1.29 is 0 Å². The lowest BCUT2D eigenvalue weighted by Crippen LogP contribution is -2.12. The van der Waals surface area contributed by atoms with Crippen molar-refractivity contribution in [2.75, 3.05) is 5.73 Å². The van der Waals surface area contributed by atoms with Gasteiger partial charge in [0.1, 0.15) is 12.1 Å². The van der Waals surface area contributed by atoms with Crippen LogP contribution in [0.1, 0.15) is 35.1 Å². The van der Waals surface area contributed by atoms with E-state index in [1.807, 2.05) is 30.3 Å². The van der Waals surface area contributed by atoms with Crippen LogP contribution in [0, 0.1) is 22.7 Å². The largest absolute Gasteiger partial charge is 0.397 e. The Morgan fingerprint density at radius 1 is 0.857 bits per heavy atom. The number of nitrogen functional groups attached to an aromatic ring is 1. The third-order valence-corrected chi connectivity index (χ3v) is 4.15. The molecule has 1 aliphatic carbocycles. The zero-order valence-electron chi connectivity index (χ0n) is 11.7. The summed E-state index contributed by atoms with van der Waals surface area (Å²) < 4.78 is 0. The molecule has 0 saturated heterocycles. The van der Waals surface area contributed by atoms with Gasteiger partial charge in [0.15, 0.2) is 0 Å². The Morgan fingerprint density at radius 3 is 2.10 bits per heavy atom. The molecular formula is C18H15N3. The van der Waals surface area contributed by atoms with E-state index in [0.717, 1.165) is 47.9 Å². The molecule has 0 atom stereocenters. The number of nitrogens with two attached hydrogens (primary N) is 1. The first-order valence-corrected chi connectivity index (χ1v) is 7.10. The minimum absolute atomic E-state index is 0.333. The maximum absolute atomic E-state index is 9.54. The van der Waals surface area contributed by atoms with Crippen molar-refractivity contribution in [2.45, 2.75) is 25.7 Å². The van der Waals surface area contributed by atoms with Gasteiger partial charge < -0.3 is 5.73 Å². The highest BCUT2D eigenvalue weighted by Crippen LogP contribution is 2.39. The summed E-state index contributed by atoms with van der Waals surface area (Å²) in [7, 11) is 0. The van der Waals surface area contributed by atoms with Gasteiger partial charge in [0.25, 0.3) is 0 Å². The molecule has 0 aliphatic heterocycles. The van der Waals surface area contributed by atoms with Gasteiger partial charge in [-0.1, -0.05) is 30.3 Å². The first kappa shape index (κ1) is 13.2. The number of benzene rings is 2. The maximum atomic E-state index is 9.54. The maximum Gasteiger partial charge on any atom is 0.102 e. The lowest BCUT2D eigenvalue weighted by Gasteiger charge is -2.23. The van der Waals surface area contributed by atoms with Gasteiger partial charge in [0.2, 0.25) is 0 Å². The molecule has 3 nitrogen and oxygen atoms in total. The summed E-state index contributed by atoms with van der Waals surface area (Å²) in [5, 5.41) is 19.0. The summed E-state index contributed by atoms with van der Waals surface area (Å²) in [6, 6.07) is 14.3. The highest BCUT2D eigenvalue weighted by Gasteiger charge is 2.24. The van der Waals surface area contributed by atoms with E-state index in [1.54, 1.807) is 0 Å². The second-order valence-corrected chi connectivity index (χ2v) is 5.29. The zero-order chi connectivity index (χ0) is 14.8. The van der Waals surface area contributed by atoms with Crippen LogP contribution in [-0.2, 0) is 12.8 Å². The highest BCUT2D eigenvalue weighted by molar-refractivity contribution is 5.85. The molecule has 0 fully saturated rings. The third-order valence-electron chi connectivity index (χ3n) is 4.15. The van der Waals surface area contributed by atoms with E-state index < -0.39 is 0 Å². The number of anilines is 1. The van der Waals surface area contributed by atoms with Gasteiger partial charge in [-0.2, -0.15) is 10.5 Å². The van der Waals surface area contributed by atoms with Crippen molar-refractivity contribution in [3.8, 4) is 23.3 Å². The Balaban J connectivity index is 2.42. The van der Waals surface area contributed by atoms with Crippen LogP contribution in [0.3, 0.4) is 0 Å². The van der Waals surface area contributed by atoms with Crippen LogP contribution in [0.4, 0.5) is 5.69 Å². The number of hydrogen-bond donors (Lipinski definition) is 1. The Bertz CT molecular complexity index is 777. The quantitative estimate of drug-likeness (QED) is 0.807. The van der Waals surface area contributed by atoms with Gasteiger partial charge in [-0.25, -0.2) is 0 Å². The second-order valence-electron chi connectivity index (χ2n) is 5.29. The molecule has 21 heavy (non-hydrogen) atoms. The van der Waals surface area contributed by atoms with Crippen molar-refractivity contribution in [3.05, 3.63) is 52.6 Å². The first-order valence-electron chi connectivity index (χ1n) is 7.10. The molecule has 3 heteroatoms. The second kappa shape index (κ2) is 5.31. The molecular weight excluding hydrogens is 258 g/mol. The van der Waals surface area contributed by atoms with Crippen LogP contribution >= 0.6 is 0 Å². The normalized spacial score (nSPS) is 13.0. The van der Waals surface area contributed by atoms with Crippen LogP contribution in [0.15, 0.2) is 30.3 Å². The molecule has 3 rings (SSSR count). The number of nitrogens with zero attached hydrogens (tertiary/aromatic N) is 2. The Morgan fingerprint density at radius 2 is 1.48 bits per heavy atom. The highest BCUT2D eigenvalue weighted by atomic mass is 14.6. The van der Waals surface area contributed by atoms with E-state index in [1.165, 1.54) is 0 Å². The van der Waals surface area contributed by atoms with E-state index in [2.05, 4.69) is 12.1 Å². The lowest BCUT2D eigenvalue weighted by atomic mass is 9.80. The van der Waals surface area contributed by atoms with Crippen LogP contribution in [-0.4, -0.2) is 0 Å². The summed E-state index contributed by atoms with van der Waals surface area (Å²) in [6.07, 6.45) is 3.94. The van der Waals surface area contributed by atoms with Crippen LogP contribution < -0.4 is 5.73 Å². The van der Waals surface area contributed by atoms with Gasteiger partial charge in [0.05, 0.1) is 16.8 Å². The Hall–Kier alpha value is -2.78. The fourth-order valence-corrected chi connectivity index (χ4v) is 3.20. The average Bonchev–Trinajstić information content (AvgIpc) is 2.54. The van der Waals surface area contributed by atoms with E-state index in [0.29, 0.717) is 16.8 Å². The van der Waals surface area contributed by atoms with Gasteiger partial charge in [0, 0.05) is 5.56 Å². The van der Waals surface area contributed by atoms with Crippen molar-refractivity contribution in [1.82, 2.24) is 0 Å². The van der Waals surface area contributed by atoms with Gasteiger partial charge in [-0.05, 0) is 42.4 Å². The Kier molecular flexibility index (Phi) is 3.34. The van der Waals surface area contributed by atoms with Gasteiger partial charge >= 0.3 is 0 Å². The van der Waals surface area contributed by atoms with Crippen molar-refractivity contribution in [1.29, 1.82) is 10.5 Å². The fourth-order valence-electron chi connectivity index (χ4n) is 3.20. The third kappa shape index (κ3) is 2.04. The predicted octanol–water partition coefficient (Wildman–Crippen LogP) is 3.56. The van der Waals surface area contributed by atoms with E-state index >= 15 is 0 Å². The molecule has 0 unspecified atom stereocenters. The van der Waals surface area contributed by atoms with Crippen molar-refractivity contribution in [3.63, 3.8) is 0 Å². The number of hydrogen-bond acceptors (Lipinski definition) is 3. The van der Waals surface area contributed by atoms with Crippen molar-refractivity contribution >= 4 is 5.69 Å². The van der Waals surface area contributed by atoms with E-state index in [-0.39, 0.29) is 0 Å². The zero-order valence-corrected chi connectivity index (χ0v) is 11.7. The summed E-state index contributed by atoms with van der Waals surface area (Å²) in [5.74, 6) is 0. The number of fused-ring (bicyclic) bond motifs is 1. The molecule has 2 N–H and O–H groups in total. The van der Waals surface area contributed by atoms with Crippen LogP contribution in [0.5, 0.6) is 0 Å². The fraction of sp³-hybridized carbons (Fsp3) is 0.222. The topological polar surface area (TPSA) is 73.6 Å². The molecule has 2 aromatic carbocycles. The molecule has 0 aromatic heterocycles. The monoisotopic (exact) mass is 273 g/mol. The standard InChI is InChI=1S/C18H15N3/c19-10-15-13-8-4-5-9-14(13)17(16(11-20)18(15)21)12-6-2-1-3-7-12/h1-3,6-7H,4-5,8-9,21H2. The van der Waals surface area contributed by atoms with E-state index in [4.69, 9.17) is 5.73 Å². The van der Waals surface area contributed by atoms with Crippen molar-refractivity contribution in [2.24, 2.45) is 0 Å². The van der Waals surface area contributed by atoms with Gasteiger partial charge in [-0.15, -0.1) is 0 Å². The molecule has 0 spiro atoms. The molecule has 0 radical (unpaired) electrons. The summed E-state index contributed by atoms with van der Waals surface area (Å²) >= 11 is 0. The molecule has 0 saturated carbocycles.